The van der Waals surface area contributed by atoms with Gasteiger partial charge in [-0.1, -0.05) is 0 Å². The second kappa shape index (κ2) is 6.60. The van der Waals surface area contributed by atoms with Gasteiger partial charge < -0.3 is 9.47 Å². The van der Waals surface area contributed by atoms with Gasteiger partial charge >= 0.3 is 0 Å². The van der Waals surface area contributed by atoms with E-state index in [2.05, 4.69) is 4.98 Å². The Morgan fingerprint density at radius 3 is 2.90 bits per heavy atom. The molecule has 21 heavy (non-hydrogen) atoms. The van der Waals surface area contributed by atoms with Crippen LogP contribution < -0.4 is 0 Å². The lowest BCUT2D eigenvalue weighted by Crippen LogP contribution is -2.40. The van der Waals surface area contributed by atoms with Crippen LogP contribution in [-0.4, -0.2) is 52.9 Å². The van der Waals surface area contributed by atoms with E-state index in [1.807, 2.05) is 24.6 Å². The molecule has 1 atom stereocenters. The summed E-state index contributed by atoms with van der Waals surface area (Å²) in [7, 11) is -3.00. The van der Waals surface area contributed by atoms with Gasteiger partial charge in [0.2, 0.25) is 5.91 Å². The van der Waals surface area contributed by atoms with Crippen LogP contribution in [0.3, 0.4) is 0 Å². The molecular weight excluding hydrogens is 290 g/mol. The SMILES string of the molecule is Cc1nccn1CCCC(=O)N1CCCS(=O)(=O)CC1C. The number of aryl methyl sites for hydroxylation is 2. The molecule has 0 bridgehead atoms. The molecule has 1 aliphatic rings. The molecule has 6 nitrogen and oxygen atoms in total. The third-order valence-electron chi connectivity index (χ3n) is 3.92. The average molecular weight is 313 g/mol. The fourth-order valence-corrected chi connectivity index (χ4v) is 4.42. The summed E-state index contributed by atoms with van der Waals surface area (Å²) in [6.45, 7) is 5.06. The lowest BCUT2D eigenvalue weighted by molar-refractivity contribution is -0.132. The maximum atomic E-state index is 12.3. The second-order valence-electron chi connectivity index (χ2n) is 5.68. The highest BCUT2D eigenvalue weighted by atomic mass is 32.2. The van der Waals surface area contributed by atoms with Gasteiger partial charge in [0.05, 0.1) is 11.5 Å². The normalized spacial score (nSPS) is 22.0. The molecule has 1 aromatic rings. The smallest absolute Gasteiger partial charge is 0.222 e. The fraction of sp³-hybridized carbons (Fsp3) is 0.714. The van der Waals surface area contributed by atoms with Gasteiger partial charge in [0.25, 0.3) is 0 Å². The number of carbonyl (C=O) groups excluding carboxylic acids is 1. The van der Waals surface area contributed by atoms with Crippen molar-refractivity contribution in [3.8, 4) is 0 Å². The minimum Gasteiger partial charge on any atom is -0.339 e. The van der Waals surface area contributed by atoms with Crippen molar-refractivity contribution in [3.05, 3.63) is 18.2 Å². The minimum absolute atomic E-state index is 0.0531. The Morgan fingerprint density at radius 2 is 2.24 bits per heavy atom. The van der Waals surface area contributed by atoms with Gasteiger partial charge in [-0.2, -0.15) is 0 Å². The van der Waals surface area contributed by atoms with E-state index in [1.54, 1.807) is 11.1 Å². The number of sulfone groups is 1. The van der Waals surface area contributed by atoms with E-state index in [1.165, 1.54) is 0 Å². The molecule has 0 saturated carbocycles. The molecule has 1 aliphatic heterocycles. The number of hydrogen-bond donors (Lipinski definition) is 0. The Bertz CT molecular complexity index is 594. The van der Waals surface area contributed by atoms with Gasteiger partial charge in [-0.25, -0.2) is 13.4 Å². The Morgan fingerprint density at radius 1 is 1.48 bits per heavy atom. The first kappa shape index (κ1) is 16.0. The lowest BCUT2D eigenvalue weighted by Gasteiger charge is -2.26. The van der Waals surface area contributed by atoms with Crippen molar-refractivity contribution in [3.63, 3.8) is 0 Å². The number of amides is 1. The first-order valence-corrected chi connectivity index (χ1v) is 9.19. The third-order valence-corrected chi connectivity index (χ3v) is 5.82. The van der Waals surface area contributed by atoms with Crippen molar-refractivity contribution >= 4 is 15.7 Å². The van der Waals surface area contributed by atoms with E-state index in [-0.39, 0.29) is 23.5 Å². The zero-order valence-corrected chi connectivity index (χ0v) is 13.5. The Hall–Kier alpha value is -1.37. The monoisotopic (exact) mass is 313 g/mol. The zero-order chi connectivity index (χ0) is 15.5. The van der Waals surface area contributed by atoms with Crippen LogP contribution in [0, 0.1) is 6.92 Å². The summed E-state index contributed by atoms with van der Waals surface area (Å²) in [4.78, 5) is 18.2. The van der Waals surface area contributed by atoms with Crippen molar-refractivity contribution in [2.45, 2.75) is 45.7 Å². The zero-order valence-electron chi connectivity index (χ0n) is 12.7. The van der Waals surface area contributed by atoms with Gasteiger partial charge in [-0.3, -0.25) is 4.79 Å². The van der Waals surface area contributed by atoms with Gasteiger partial charge in [0.15, 0.2) is 9.84 Å². The number of aromatic nitrogens is 2. The summed E-state index contributed by atoms with van der Waals surface area (Å²) in [6, 6.07) is -0.222. The van der Waals surface area contributed by atoms with E-state index < -0.39 is 9.84 Å². The molecule has 1 saturated heterocycles. The highest BCUT2D eigenvalue weighted by Gasteiger charge is 2.28. The quantitative estimate of drug-likeness (QED) is 0.831. The van der Waals surface area contributed by atoms with Crippen molar-refractivity contribution < 1.29 is 13.2 Å². The van der Waals surface area contributed by atoms with Crippen LogP contribution in [0.15, 0.2) is 12.4 Å². The Kier molecular flexibility index (Phi) is 5.03. The summed E-state index contributed by atoms with van der Waals surface area (Å²) in [5.74, 6) is 1.27. The predicted octanol–water partition coefficient (Wildman–Crippen LogP) is 1.01. The van der Waals surface area contributed by atoms with E-state index >= 15 is 0 Å². The number of carbonyl (C=O) groups is 1. The lowest BCUT2D eigenvalue weighted by atomic mass is 10.2. The van der Waals surface area contributed by atoms with Crippen LogP contribution in [-0.2, 0) is 21.2 Å². The standard InChI is InChI=1S/C14H23N3O3S/c1-12-11-21(19,20)10-4-8-17(12)14(18)5-3-7-16-9-6-15-13(16)2/h6,9,12H,3-5,7-8,10-11H2,1-2H3. The topological polar surface area (TPSA) is 72.3 Å². The summed E-state index contributed by atoms with van der Waals surface area (Å²) >= 11 is 0. The Labute approximate surface area is 126 Å². The molecule has 0 N–H and O–H groups in total. The third kappa shape index (κ3) is 4.30. The maximum Gasteiger partial charge on any atom is 0.222 e. The van der Waals surface area contributed by atoms with Gasteiger partial charge in [0, 0.05) is 37.9 Å². The molecule has 1 fully saturated rings. The highest BCUT2D eigenvalue weighted by Crippen LogP contribution is 2.14. The molecule has 7 heteroatoms. The predicted molar refractivity (Wildman–Crippen MR) is 80.6 cm³/mol. The molecule has 0 radical (unpaired) electrons. The fourth-order valence-electron chi connectivity index (χ4n) is 2.77. The van der Waals surface area contributed by atoms with Gasteiger partial charge in [-0.15, -0.1) is 0 Å². The molecule has 1 amide bonds. The van der Waals surface area contributed by atoms with Crippen LogP contribution in [0.2, 0.25) is 0 Å². The number of hydrogen-bond acceptors (Lipinski definition) is 4. The second-order valence-corrected chi connectivity index (χ2v) is 7.90. The first-order chi connectivity index (χ1) is 9.89. The minimum atomic E-state index is -3.00. The summed E-state index contributed by atoms with van der Waals surface area (Å²) in [5, 5.41) is 0. The van der Waals surface area contributed by atoms with Crippen LogP contribution in [0.25, 0.3) is 0 Å². The Balaban J connectivity index is 1.86. The van der Waals surface area contributed by atoms with Gasteiger partial charge in [0.1, 0.15) is 5.82 Å². The van der Waals surface area contributed by atoms with Crippen LogP contribution in [0.4, 0.5) is 0 Å². The highest BCUT2D eigenvalue weighted by molar-refractivity contribution is 7.91. The molecular formula is C14H23N3O3S. The summed E-state index contributed by atoms with van der Waals surface area (Å²) in [6.07, 6.45) is 5.38. The first-order valence-electron chi connectivity index (χ1n) is 7.37. The van der Waals surface area contributed by atoms with Crippen molar-refractivity contribution in [2.75, 3.05) is 18.1 Å². The van der Waals surface area contributed by atoms with E-state index in [0.717, 1.165) is 18.8 Å². The van der Waals surface area contributed by atoms with Crippen LogP contribution in [0.5, 0.6) is 0 Å². The largest absolute Gasteiger partial charge is 0.339 e. The molecule has 2 heterocycles. The van der Waals surface area contributed by atoms with Crippen molar-refractivity contribution in [2.24, 2.45) is 0 Å². The molecule has 1 aromatic heterocycles. The maximum absolute atomic E-state index is 12.3. The summed E-state index contributed by atoms with van der Waals surface area (Å²) in [5.41, 5.74) is 0. The molecule has 0 aromatic carbocycles. The van der Waals surface area contributed by atoms with Crippen LogP contribution in [0.1, 0.15) is 32.0 Å². The average Bonchev–Trinajstić information content (AvgIpc) is 2.72. The van der Waals surface area contributed by atoms with Crippen molar-refractivity contribution in [1.29, 1.82) is 0 Å². The number of imidazole rings is 1. The molecule has 0 spiro atoms. The molecule has 118 valence electrons. The van der Waals surface area contributed by atoms with Gasteiger partial charge in [-0.05, 0) is 26.7 Å². The molecule has 2 rings (SSSR count). The van der Waals surface area contributed by atoms with E-state index in [9.17, 15) is 13.2 Å². The van der Waals surface area contributed by atoms with Crippen LogP contribution >= 0.6 is 0 Å². The molecule has 0 aliphatic carbocycles. The molecule has 1 unspecified atom stereocenters. The number of nitrogens with zero attached hydrogens (tertiary/aromatic N) is 3. The van der Waals surface area contributed by atoms with Crippen molar-refractivity contribution in [1.82, 2.24) is 14.5 Å². The number of rotatable bonds is 4. The summed E-state index contributed by atoms with van der Waals surface area (Å²) < 4.78 is 25.4. The van der Waals surface area contributed by atoms with E-state index in [4.69, 9.17) is 0 Å². The van der Waals surface area contributed by atoms with E-state index in [0.29, 0.717) is 19.4 Å².